The molecule has 0 spiro atoms. The quantitative estimate of drug-likeness (QED) is 0.585. The summed E-state index contributed by atoms with van der Waals surface area (Å²) in [5, 5.41) is 8.41. The van der Waals surface area contributed by atoms with Gasteiger partial charge in [-0.05, 0) is 37.3 Å². The summed E-state index contributed by atoms with van der Waals surface area (Å²) in [6.45, 7) is 1.04. The first-order valence-electron chi connectivity index (χ1n) is 8.07. The Morgan fingerprint density at radius 1 is 1.11 bits per heavy atom. The number of carbonyl (C=O) groups excluding carboxylic acids is 1. The van der Waals surface area contributed by atoms with E-state index in [-0.39, 0.29) is 12.2 Å². The van der Waals surface area contributed by atoms with E-state index in [1.807, 2.05) is 12.1 Å². The number of halogens is 4. The average molecular weight is 427 g/mol. The zero-order valence-corrected chi connectivity index (χ0v) is 16.5. The van der Waals surface area contributed by atoms with Crippen LogP contribution in [0.15, 0.2) is 42.5 Å². The third kappa shape index (κ3) is 4.10. The molecule has 1 N–H and O–H groups in total. The van der Waals surface area contributed by atoms with Crippen molar-refractivity contribution in [3.8, 4) is 16.9 Å². The minimum atomic E-state index is -0.654. The first-order chi connectivity index (χ1) is 12.9. The molecule has 0 bridgehead atoms. The lowest BCUT2D eigenvalue weighted by atomic mass is 10.1. The van der Waals surface area contributed by atoms with E-state index >= 15 is 0 Å². The van der Waals surface area contributed by atoms with Gasteiger partial charge in [0.05, 0.1) is 16.4 Å². The molecule has 1 heterocycles. The molecule has 0 saturated carbocycles. The number of carbonyl (C=O) groups is 1. The van der Waals surface area contributed by atoms with Gasteiger partial charge in [0.15, 0.2) is 5.69 Å². The molecule has 0 aliphatic heterocycles. The number of nitrogens with zero attached hydrogens (tertiary/aromatic N) is 2. The molecule has 0 fully saturated rings. The molecule has 3 aromatic rings. The van der Waals surface area contributed by atoms with E-state index in [9.17, 15) is 9.18 Å². The Bertz CT molecular complexity index is 987. The first kappa shape index (κ1) is 19.7. The van der Waals surface area contributed by atoms with Gasteiger partial charge in [-0.15, -0.1) is 0 Å². The SMILES string of the molecule is Cc1c(C(=O)NCCF)nn(-c2ccc(Cl)cc2Cl)c1-c1ccc(Cl)cc1. The number of amides is 1. The van der Waals surface area contributed by atoms with Gasteiger partial charge in [0.25, 0.3) is 5.91 Å². The highest BCUT2D eigenvalue weighted by Crippen LogP contribution is 2.33. The molecule has 0 atom stereocenters. The first-order valence-corrected chi connectivity index (χ1v) is 9.21. The summed E-state index contributed by atoms with van der Waals surface area (Å²) < 4.78 is 14.0. The highest BCUT2D eigenvalue weighted by molar-refractivity contribution is 6.35. The van der Waals surface area contributed by atoms with Crippen molar-refractivity contribution < 1.29 is 9.18 Å². The molecular formula is C19H15Cl3FN3O. The maximum atomic E-state index is 12.4. The number of hydrogen-bond donors (Lipinski definition) is 1. The molecular weight excluding hydrogens is 412 g/mol. The van der Waals surface area contributed by atoms with Crippen molar-refractivity contribution in [3.05, 3.63) is 68.8 Å². The highest BCUT2D eigenvalue weighted by atomic mass is 35.5. The summed E-state index contributed by atoms with van der Waals surface area (Å²) in [5.74, 6) is -0.454. The number of alkyl halides is 1. The van der Waals surface area contributed by atoms with Crippen LogP contribution in [-0.4, -0.2) is 28.9 Å². The minimum Gasteiger partial charge on any atom is -0.348 e. The molecule has 1 aromatic heterocycles. The molecule has 0 unspecified atom stereocenters. The summed E-state index contributed by atoms with van der Waals surface area (Å²) >= 11 is 18.3. The molecule has 27 heavy (non-hydrogen) atoms. The third-order valence-electron chi connectivity index (χ3n) is 3.97. The largest absolute Gasteiger partial charge is 0.348 e. The average Bonchev–Trinajstić information content (AvgIpc) is 2.97. The number of hydrogen-bond acceptors (Lipinski definition) is 2. The van der Waals surface area contributed by atoms with E-state index in [0.717, 1.165) is 5.56 Å². The van der Waals surface area contributed by atoms with Crippen molar-refractivity contribution in [1.29, 1.82) is 0 Å². The molecule has 0 saturated heterocycles. The van der Waals surface area contributed by atoms with E-state index in [1.54, 1.807) is 41.9 Å². The maximum absolute atomic E-state index is 12.4. The van der Waals surface area contributed by atoms with Crippen LogP contribution in [0.5, 0.6) is 0 Å². The number of nitrogens with one attached hydrogen (secondary N) is 1. The predicted molar refractivity (Wildman–Crippen MR) is 107 cm³/mol. The maximum Gasteiger partial charge on any atom is 0.272 e. The van der Waals surface area contributed by atoms with Crippen molar-refractivity contribution in [2.24, 2.45) is 0 Å². The lowest BCUT2D eigenvalue weighted by molar-refractivity contribution is 0.0945. The van der Waals surface area contributed by atoms with E-state index in [1.165, 1.54) is 0 Å². The Morgan fingerprint density at radius 2 is 1.78 bits per heavy atom. The Morgan fingerprint density at radius 3 is 2.41 bits per heavy atom. The van der Waals surface area contributed by atoms with E-state index in [2.05, 4.69) is 10.4 Å². The van der Waals surface area contributed by atoms with Gasteiger partial charge >= 0.3 is 0 Å². The van der Waals surface area contributed by atoms with Gasteiger partial charge in [0.1, 0.15) is 6.67 Å². The van der Waals surface area contributed by atoms with Crippen molar-refractivity contribution in [1.82, 2.24) is 15.1 Å². The van der Waals surface area contributed by atoms with Crippen LogP contribution >= 0.6 is 34.8 Å². The van der Waals surface area contributed by atoms with Gasteiger partial charge in [0, 0.05) is 27.7 Å². The Hall–Kier alpha value is -2.08. The van der Waals surface area contributed by atoms with Crippen LogP contribution in [0.3, 0.4) is 0 Å². The van der Waals surface area contributed by atoms with Crippen LogP contribution in [0.25, 0.3) is 16.9 Å². The number of rotatable bonds is 5. The summed E-state index contributed by atoms with van der Waals surface area (Å²) in [5.41, 5.74) is 2.89. The second-order valence-corrected chi connectivity index (χ2v) is 7.06. The van der Waals surface area contributed by atoms with Crippen LogP contribution in [0.4, 0.5) is 4.39 Å². The molecule has 1 amide bonds. The van der Waals surface area contributed by atoms with Crippen LogP contribution in [-0.2, 0) is 0 Å². The zero-order valence-electron chi connectivity index (χ0n) is 14.3. The predicted octanol–water partition coefficient (Wildman–Crippen LogP) is 5.51. The molecule has 140 valence electrons. The van der Waals surface area contributed by atoms with Crippen molar-refractivity contribution in [3.63, 3.8) is 0 Å². The fraction of sp³-hybridized carbons (Fsp3) is 0.158. The van der Waals surface area contributed by atoms with Crippen LogP contribution in [0, 0.1) is 6.92 Å². The smallest absolute Gasteiger partial charge is 0.272 e. The Balaban J connectivity index is 2.21. The standard InChI is InChI=1S/C19H15Cl3FN3O/c1-11-17(19(27)24-9-8-23)25-26(16-7-6-14(21)10-15(16)22)18(11)12-2-4-13(20)5-3-12/h2-7,10H,8-9H2,1H3,(H,24,27). The monoisotopic (exact) mass is 425 g/mol. The number of benzene rings is 2. The summed E-state index contributed by atoms with van der Waals surface area (Å²) in [6, 6.07) is 12.2. The lowest BCUT2D eigenvalue weighted by Crippen LogP contribution is -2.26. The van der Waals surface area contributed by atoms with Gasteiger partial charge in [-0.3, -0.25) is 4.79 Å². The van der Waals surface area contributed by atoms with Crippen LogP contribution in [0.2, 0.25) is 15.1 Å². The molecule has 0 aliphatic carbocycles. The van der Waals surface area contributed by atoms with E-state index < -0.39 is 12.6 Å². The van der Waals surface area contributed by atoms with Gasteiger partial charge in [0.2, 0.25) is 0 Å². The third-order valence-corrected chi connectivity index (χ3v) is 4.76. The second kappa shape index (κ2) is 8.30. The zero-order chi connectivity index (χ0) is 19.6. The second-order valence-electron chi connectivity index (χ2n) is 5.78. The van der Waals surface area contributed by atoms with Gasteiger partial charge in [-0.25, -0.2) is 9.07 Å². The van der Waals surface area contributed by atoms with Gasteiger partial charge < -0.3 is 5.32 Å². The molecule has 0 radical (unpaired) electrons. The molecule has 2 aromatic carbocycles. The molecule has 3 rings (SSSR count). The highest BCUT2D eigenvalue weighted by Gasteiger charge is 2.23. The molecule has 8 heteroatoms. The van der Waals surface area contributed by atoms with Crippen LogP contribution in [0.1, 0.15) is 16.1 Å². The summed E-state index contributed by atoms with van der Waals surface area (Å²) in [4.78, 5) is 12.4. The Labute approximate surface area is 170 Å². The van der Waals surface area contributed by atoms with Crippen molar-refractivity contribution >= 4 is 40.7 Å². The summed E-state index contributed by atoms with van der Waals surface area (Å²) in [7, 11) is 0. The fourth-order valence-corrected chi connectivity index (χ4v) is 3.34. The topological polar surface area (TPSA) is 46.9 Å². The normalized spacial score (nSPS) is 10.9. The summed E-state index contributed by atoms with van der Waals surface area (Å²) in [6.07, 6.45) is 0. The van der Waals surface area contributed by atoms with E-state index in [0.29, 0.717) is 32.0 Å². The molecule has 0 aliphatic rings. The van der Waals surface area contributed by atoms with Gasteiger partial charge in [-0.2, -0.15) is 5.10 Å². The molecule has 4 nitrogen and oxygen atoms in total. The Kier molecular flexibility index (Phi) is 6.05. The van der Waals surface area contributed by atoms with E-state index in [4.69, 9.17) is 34.8 Å². The van der Waals surface area contributed by atoms with Crippen LogP contribution < -0.4 is 5.32 Å². The van der Waals surface area contributed by atoms with Gasteiger partial charge in [-0.1, -0.05) is 46.9 Å². The fourth-order valence-electron chi connectivity index (χ4n) is 2.73. The number of aromatic nitrogens is 2. The van der Waals surface area contributed by atoms with Crippen molar-refractivity contribution in [2.75, 3.05) is 13.2 Å². The lowest BCUT2D eigenvalue weighted by Gasteiger charge is -2.11. The van der Waals surface area contributed by atoms with Crippen molar-refractivity contribution in [2.45, 2.75) is 6.92 Å². The minimum absolute atomic E-state index is 0.0802.